The molecule has 4 amide bonds. The van der Waals surface area contributed by atoms with Gasteiger partial charge in [0.25, 0.3) is 10.0 Å². The number of hydrogen-bond donors (Lipinski definition) is 2. The van der Waals surface area contributed by atoms with E-state index in [-0.39, 0.29) is 61.6 Å². The fraction of sp³-hybridized carbons (Fsp3) is 0.205. The van der Waals surface area contributed by atoms with Crippen LogP contribution in [0.5, 0.6) is 5.75 Å². The number of rotatable bonds is 10. The standard InChI is InChI=1S/C39H37ClN6O6S/c1-2-20-43-26-36(48)45-34(22-27-11-15-32(47)16-12-27)38(49)42(25-35(45)46(43)39(50)41-23-28-7-4-3-5-8-28)24-30-10-6-9-29-19-21-44(37(29)30)53(51,52)33-17-13-31(40)14-18-33/h2-19,21,34-35,47H,1,20,22-26H2,(H,41,50)/t34-,35-/m0/s1. The number of benzene rings is 4. The smallest absolute Gasteiger partial charge is 0.334 e. The maximum Gasteiger partial charge on any atom is 0.334 e. The molecule has 0 unspecified atom stereocenters. The van der Waals surface area contributed by atoms with Gasteiger partial charge in [-0.05, 0) is 59.2 Å². The first-order valence-electron chi connectivity index (χ1n) is 17.0. The van der Waals surface area contributed by atoms with Crippen LogP contribution in [0.3, 0.4) is 0 Å². The number of carbonyl (C=O) groups is 3. The van der Waals surface area contributed by atoms with Gasteiger partial charge >= 0.3 is 6.03 Å². The highest BCUT2D eigenvalue weighted by molar-refractivity contribution is 7.90. The van der Waals surface area contributed by atoms with Gasteiger partial charge < -0.3 is 20.2 Å². The van der Waals surface area contributed by atoms with Gasteiger partial charge in [0.15, 0.2) is 0 Å². The van der Waals surface area contributed by atoms with Gasteiger partial charge in [0.05, 0.1) is 23.5 Å². The summed E-state index contributed by atoms with van der Waals surface area (Å²) >= 11 is 6.05. The van der Waals surface area contributed by atoms with Crippen molar-refractivity contribution in [3.63, 3.8) is 0 Å². The Morgan fingerprint density at radius 1 is 0.925 bits per heavy atom. The molecule has 2 aliphatic heterocycles. The summed E-state index contributed by atoms with van der Waals surface area (Å²) < 4.78 is 29.1. The molecule has 0 spiro atoms. The fourth-order valence-electron chi connectivity index (χ4n) is 7.04. The van der Waals surface area contributed by atoms with E-state index >= 15 is 0 Å². The van der Waals surface area contributed by atoms with Gasteiger partial charge in [0, 0.05) is 42.7 Å². The van der Waals surface area contributed by atoms with Crippen LogP contribution < -0.4 is 5.32 Å². The summed E-state index contributed by atoms with van der Waals surface area (Å²) in [5.74, 6) is -0.630. The van der Waals surface area contributed by atoms with Crippen LogP contribution in [0.4, 0.5) is 4.79 Å². The number of fused-ring (bicyclic) bond motifs is 2. The van der Waals surface area contributed by atoms with Crippen LogP contribution in [0.25, 0.3) is 10.9 Å². The number of phenolic OH excluding ortho intramolecular Hbond substituents is 1. The van der Waals surface area contributed by atoms with Crippen LogP contribution in [-0.2, 0) is 39.1 Å². The number of nitrogens with zero attached hydrogens (tertiary/aromatic N) is 5. The van der Waals surface area contributed by atoms with E-state index in [1.165, 1.54) is 56.5 Å². The number of aromatic hydroxyl groups is 1. The van der Waals surface area contributed by atoms with E-state index in [0.717, 1.165) is 5.56 Å². The molecule has 2 atom stereocenters. The number of hydrogen-bond acceptors (Lipinski definition) is 7. The Hall–Kier alpha value is -5.63. The van der Waals surface area contributed by atoms with Gasteiger partial charge in [-0.25, -0.2) is 27.2 Å². The van der Waals surface area contributed by atoms with Crippen LogP contribution in [0.1, 0.15) is 16.7 Å². The number of nitrogens with one attached hydrogen (secondary N) is 1. The Balaban J connectivity index is 1.28. The number of amides is 4. The molecule has 2 saturated heterocycles. The van der Waals surface area contributed by atoms with E-state index in [1.54, 1.807) is 52.4 Å². The van der Waals surface area contributed by atoms with Crippen LogP contribution in [0.15, 0.2) is 127 Å². The predicted molar refractivity (Wildman–Crippen MR) is 200 cm³/mol. The van der Waals surface area contributed by atoms with Gasteiger partial charge in [-0.15, -0.1) is 6.58 Å². The largest absolute Gasteiger partial charge is 0.508 e. The van der Waals surface area contributed by atoms with Crippen molar-refractivity contribution in [2.24, 2.45) is 0 Å². The van der Waals surface area contributed by atoms with Crippen molar-refractivity contribution in [3.05, 3.63) is 144 Å². The van der Waals surface area contributed by atoms with Crippen molar-refractivity contribution in [3.8, 4) is 5.75 Å². The zero-order valence-corrected chi connectivity index (χ0v) is 30.2. The average Bonchev–Trinajstić information content (AvgIpc) is 3.60. The zero-order chi connectivity index (χ0) is 37.3. The number of phenols is 1. The second kappa shape index (κ2) is 14.8. The molecule has 4 aromatic carbocycles. The topological polar surface area (TPSA) is 136 Å². The minimum Gasteiger partial charge on any atom is -0.508 e. The first-order valence-corrected chi connectivity index (χ1v) is 18.8. The molecule has 272 valence electrons. The van der Waals surface area contributed by atoms with E-state index in [0.29, 0.717) is 27.1 Å². The maximum atomic E-state index is 14.6. The summed E-state index contributed by atoms with van der Waals surface area (Å²) in [6, 6.07) is 27.3. The number of halogens is 1. The normalized spacial score (nSPS) is 17.9. The number of carbonyl (C=O) groups excluding carboxylic acids is 3. The highest BCUT2D eigenvalue weighted by atomic mass is 35.5. The molecule has 0 saturated carbocycles. The van der Waals surface area contributed by atoms with Gasteiger partial charge in [-0.2, -0.15) is 0 Å². The first-order chi connectivity index (χ1) is 25.5. The molecular weight excluding hydrogens is 716 g/mol. The van der Waals surface area contributed by atoms with E-state index in [4.69, 9.17) is 11.6 Å². The molecular formula is C39H37ClN6O6S. The van der Waals surface area contributed by atoms with E-state index < -0.39 is 28.3 Å². The number of aromatic nitrogens is 1. The average molecular weight is 753 g/mol. The molecule has 14 heteroatoms. The zero-order valence-electron chi connectivity index (χ0n) is 28.6. The van der Waals surface area contributed by atoms with Crippen molar-refractivity contribution in [1.29, 1.82) is 0 Å². The van der Waals surface area contributed by atoms with E-state index in [1.807, 2.05) is 30.3 Å². The molecule has 0 bridgehead atoms. The highest BCUT2D eigenvalue weighted by Gasteiger charge is 2.51. The summed E-state index contributed by atoms with van der Waals surface area (Å²) in [5.41, 5.74) is 2.54. The quantitative estimate of drug-likeness (QED) is 0.192. The second-order valence-corrected chi connectivity index (χ2v) is 15.2. The molecule has 2 aliphatic rings. The first kappa shape index (κ1) is 35.8. The van der Waals surface area contributed by atoms with Crippen molar-refractivity contribution in [2.75, 3.05) is 19.6 Å². The number of piperazine rings is 1. The van der Waals surface area contributed by atoms with Gasteiger partial charge in [-0.1, -0.05) is 78.3 Å². The lowest BCUT2D eigenvalue weighted by Gasteiger charge is -2.55. The monoisotopic (exact) mass is 752 g/mol. The summed E-state index contributed by atoms with van der Waals surface area (Å²) in [6.07, 6.45) is 2.30. The molecule has 53 heavy (non-hydrogen) atoms. The van der Waals surface area contributed by atoms with Crippen molar-refractivity contribution < 1.29 is 27.9 Å². The van der Waals surface area contributed by atoms with Gasteiger partial charge in [0.1, 0.15) is 18.0 Å². The third-order valence-corrected chi connectivity index (χ3v) is 11.5. The van der Waals surface area contributed by atoms with Crippen molar-refractivity contribution in [2.45, 2.75) is 36.6 Å². The fourth-order valence-corrected chi connectivity index (χ4v) is 8.56. The predicted octanol–water partition coefficient (Wildman–Crippen LogP) is 4.97. The highest BCUT2D eigenvalue weighted by Crippen LogP contribution is 2.32. The molecule has 0 aliphatic carbocycles. The Kier molecular flexibility index (Phi) is 9.97. The SMILES string of the molecule is C=CCN1CC(=O)N2[C@@H](Cc3ccc(O)cc3)C(=O)N(Cc3cccc4ccn(S(=O)(=O)c5ccc(Cl)cc5)c34)C[C@@H]2N1C(=O)NCc1ccccc1. The van der Waals surface area contributed by atoms with Crippen LogP contribution in [0.2, 0.25) is 5.02 Å². The maximum absolute atomic E-state index is 14.6. The Labute approximate surface area is 312 Å². The lowest BCUT2D eigenvalue weighted by molar-refractivity contribution is -0.189. The number of urea groups is 1. The third kappa shape index (κ3) is 7.10. The minimum absolute atomic E-state index is 0.0120. The third-order valence-electron chi connectivity index (χ3n) is 9.52. The summed E-state index contributed by atoms with van der Waals surface area (Å²) in [5, 5.41) is 17.1. The lowest BCUT2D eigenvalue weighted by atomic mass is 9.98. The Bertz CT molecular complexity index is 2280. The molecule has 7 rings (SSSR count). The molecule has 0 radical (unpaired) electrons. The molecule has 2 fully saturated rings. The van der Waals surface area contributed by atoms with Crippen molar-refractivity contribution in [1.82, 2.24) is 29.1 Å². The second-order valence-electron chi connectivity index (χ2n) is 12.9. The van der Waals surface area contributed by atoms with E-state index in [2.05, 4.69) is 11.9 Å². The number of para-hydroxylation sites is 1. The van der Waals surface area contributed by atoms with Gasteiger partial charge in [-0.3, -0.25) is 9.59 Å². The molecule has 5 aromatic rings. The van der Waals surface area contributed by atoms with Gasteiger partial charge in [0.2, 0.25) is 11.8 Å². The van der Waals surface area contributed by atoms with Crippen LogP contribution in [0, 0.1) is 0 Å². The molecule has 12 nitrogen and oxygen atoms in total. The Morgan fingerprint density at radius 3 is 2.38 bits per heavy atom. The Morgan fingerprint density at radius 2 is 1.66 bits per heavy atom. The summed E-state index contributed by atoms with van der Waals surface area (Å²) in [4.78, 5) is 45.8. The van der Waals surface area contributed by atoms with Crippen molar-refractivity contribution >= 4 is 50.4 Å². The lowest BCUT2D eigenvalue weighted by Crippen LogP contribution is -2.76. The molecule has 1 aromatic heterocycles. The van der Waals surface area contributed by atoms with E-state index in [9.17, 15) is 27.9 Å². The van der Waals surface area contributed by atoms with Crippen LogP contribution in [-0.4, -0.2) is 87.0 Å². The summed E-state index contributed by atoms with van der Waals surface area (Å²) in [6.45, 7) is 4.05. The molecule has 3 heterocycles. The summed E-state index contributed by atoms with van der Waals surface area (Å²) in [7, 11) is -4.06. The molecule has 2 N–H and O–H groups in total. The minimum atomic E-state index is -4.06. The van der Waals surface area contributed by atoms with Crippen LogP contribution >= 0.6 is 11.6 Å². The number of hydrazine groups is 1.